The molecule has 0 saturated heterocycles. The molecule has 0 radical (unpaired) electrons. The van der Waals surface area contributed by atoms with Gasteiger partial charge in [0.1, 0.15) is 0 Å². The second-order valence-corrected chi connectivity index (χ2v) is 6.54. The lowest BCUT2D eigenvalue weighted by atomic mass is 9.95. The molecule has 0 spiro atoms. The second kappa shape index (κ2) is 7.62. The van der Waals surface area contributed by atoms with E-state index in [4.69, 9.17) is 0 Å². The molecule has 0 aliphatic rings. The van der Waals surface area contributed by atoms with Gasteiger partial charge in [0.25, 0.3) is 0 Å². The number of nitrogens with zero attached hydrogens (tertiary/aromatic N) is 1. The zero-order chi connectivity index (χ0) is 13.5. The summed E-state index contributed by atoms with van der Waals surface area (Å²) in [5, 5.41) is 1.61. The highest BCUT2D eigenvalue weighted by Crippen LogP contribution is 2.24. The van der Waals surface area contributed by atoms with Crippen LogP contribution in [0.5, 0.6) is 0 Å². The maximum Gasteiger partial charge on any atom is 0.0396 e. The van der Waals surface area contributed by atoms with Crippen LogP contribution in [-0.2, 0) is 12.8 Å². The summed E-state index contributed by atoms with van der Waals surface area (Å²) in [7, 11) is 5.51. The summed E-state index contributed by atoms with van der Waals surface area (Å²) in [6, 6.07) is 4.67. The van der Waals surface area contributed by atoms with Gasteiger partial charge in [-0.2, -0.15) is 0 Å². The molecule has 0 saturated carbocycles. The van der Waals surface area contributed by atoms with Crippen molar-refractivity contribution < 1.29 is 0 Å². The molecule has 1 nitrogen and oxygen atoms in total. The Kier molecular flexibility index (Phi) is 6.48. The topological polar surface area (TPSA) is 3.24 Å². The predicted molar refractivity (Wildman–Crippen MR) is 87.6 cm³/mol. The average Bonchev–Trinajstić information content (AvgIpc) is 2.34. The van der Waals surface area contributed by atoms with Crippen molar-refractivity contribution in [3.63, 3.8) is 0 Å². The van der Waals surface area contributed by atoms with Gasteiger partial charge in [0.05, 0.1) is 0 Å². The van der Waals surface area contributed by atoms with Gasteiger partial charge in [0.15, 0.2) is 0 Å². The van der Waals surface area contributed by atoms with Gasteiger partial charge >= 0.3 is 0 Å². The monoisotopic (exact) mass is 263 g/mol. The fraction of sp³-hybridized carbons (Fsp3) is 0.625. The lowest BCUT2D eigenvalue weighted by Gasteiger charge is -2.22. The molecule has 0 bridgehead atoms. The van der Waals surface area contributed by atoms with Crippen LogP contribution in [0.15, 0.2) is 12.1 Å². The van der Waals surface area contributed by atoms with Crippen molar-refractivity contribution in [3.05, 3.63) is 23.3 Å². The predicted octanol–water partition coefficient (Wildman–Crippen LogP) is 2.43. The lowest BCUT2D eigenvalue weighted by molar-refractivity contribution is 0.759. The molecule has 1 aromatic rings. The van der Waals surface area contributed by atoms with Gasteiger partial charge in [-0.1, -0.05) is 37.9 Å². The van der Waals surface area contributed by atoms with E-state index < -0.39 is 0 Å². The molecule has 2 heteroatoms. The summed E-state index contributed by atoms with van der Waals surface area (Å²) in [5.41, 5.74) is 4.74. The lowest BCUT2D eigenvalue weighted by Crippen LogP contribution is -2.19. The summed E-state index contributed by atoms with van der Waals surface area (Å²) >= 11 is 0. The van der Waals surface area contributed by atoms with E-state index in [2.05, 4.69) is 45.0 Å². The SMILES string of the molecule is CCCCc1c([SiH3])ccc(N(C)C)c1CCCC. The van der Waals surface area contributed by atoms with Crippen LogP contribution in [0.4, 0.5) is 5.69 Å². The van der Waals surface area contributed by atoms with Crippen molar-refractivity contribution in [2.45, 2.75) is 52.4 Å². The van der Waals surface area contributed by atoms with E-state index in [-0.39, 0.29) is 0 Å². The van der Waals surface area contributed by atoms with E-state index in [9.17, 15) is 0 Å². The van der Waals surface area contributed by atoms with Crippen molar-refractivity contribution in [1.29, 1.82) is 0 Å². The fourth-order valence-electron chi connectivity index (χ4n) is 2.55. The van der Waals surface area contributed by atoms with E-state index in [0.29, 0.717) is 0 Å². The normalized spacial score (nSPS) is 10.9. The van der Waals surface area contributed by atoms with E-state index in [1.807, 2.05) is 0 Å². The van der Waals surface area contributed by atoms with Crippen molar-refractivity contribution in [1.82, 2.24) is 0 Å². The molecule has 0 aromatic heterocycles. The highest BCUT2D eigenvalue weighted by atomic mass is 28.1. The largest absolute Gasteiger partial charge is 0.377 e. The van der Waals surface area contributed by atoms with Gasteiger partial charge in [-0.05, 0) is 42.9 Å². The highest BCUT2D eigenvalue weighted by molar-refractivity contribution is 6.33. The molecule has 1 aromatic carbocycles. The van der Waals surface area contributed by atoms with Crippen LogP contribution in [0.1, 0.15) is 50.7 Å². The summed E-state index contributed by atoms with van der Waals surface area (Å²) in [4.78, 5) is 2.28. The van der Waals surface area contributed by atoms with E-state index in [1.165, 1.54) is 54.5 Å². The molecule has 0 fully saturated rings. The van der Waals surface area contributed by atoms with Gasteiger partial charge in [0, 0.05) is 30.0 Å². The average molecular weight is 264 g/mol. The summed E-state index contributed by atoms with van der Waals surface area (Å²) in [6.07, 6.45) is 7.73. The quantitative estimate of drug-likeness (QED) is 0.683. The molecule has 0 aliphatic heterocycles. The van der Waals surface area contributed by atoms with E-state index in [1.54, 1.807) is 16.3 Å². The Labute approximate surface area is 116 Å². The van der Waals surface area contributed by atoms with Gasteiger partial charge < -0.3 is 4.90 Å². The Morgan fingerprint density at radius 3 is 2.00 bits per heavy atom. The van der Waals surface area contributed by atoms with Crippen LogP contribution in [0.25, 0.3) is 0 Å². The van der Waals surface area contributed by atoms with Crippen LogP contribution in [0, 0.1) is 0 Å². The number of unbranched alkanes of at least 4 members (excludes halogenated alkanes) is 2. The van der Waals surface area contributed by atoms with Gasteiger partial charge in [0.2, 0.25) is 0 Å². The first kappa shape index (κ1) is 15.3. The number of hydrogen-bond donors (Lipinski definition) is 0. The Hall–Kier alpha value is -0.763. The third-order valence-electron chi connectivity index (χ3n) is 3.68. The summed E-state index contributed by atoms with van der Waals surface area (Å²) < 4.78 is 0. The minimum Gasteiger partial charge on any atom is -0.377 e. The molecule has 0 aliphatic carbocycles. The first-order valence-electron chi connectivity index (χ1n) is 7.40. The van der Waals surface area contributed by atoms with Crippen molar-refractivity contribution >= 4 is 21.1 Å². The van der Waals surface area contributed by atoms with Crippen LogP contribution in [0.3, 0.4) is 0 Å². The minimum absolute atomic E-state index is 1.17. The zero-order valence-corrected chi connectivity index (χ0v) is 14.8. The maximum absolute atomic E-state index is 2.35. The number of benzene rings is 1. The standard InChI is InChI=1S/C16H29NSi/c1-5-7-9-13-14(10-8-6-2)16(18)12-11-15(13)17(3)4/h11-12H,5-10H2,1-4,18H3. The maximum atomic E-state index is 2.35. The molecule has 0 unspecified atom stereocenters. The Morgan fingerprint density at radius 1 is 0.944 bits per heavy atom. The first-order valence-corrected chi connectivity index (χ1v) is 8.40. The van der Waals surface area contributed by atoms with Gasteiger partial charge in [-0.15, -0.1) is 0 Å². The second-order valence-electron chi connectivity index (χ2n) is 5.46. The third-order valence-corrected chi connectivity index (χ3v) is 4.62. The van der Waals surface area contributed by atoms with Crippen molar-refractivity contribution in [2.24, 2.45) is 0 Å². The smallest absolute Gasteiger partial charge is 0.0396 e. The van der Waals surface area contributed by atoms with Crippen LogP contribution in [0.2, 0.25) is 0 Å². The zero-order valence-electron chi connectivity index (χ0n) is 12.8. The van der Waals surface area contributed by atoms with Crippen LogP contribution in [-0.4, -0.2) is 24.3 Å². The Balaban J connectivity index is 3.12. The molecular weight excluding hydrogens is 234 g/mol. The molecule has 0 amide bonds. The third kappa shape index (κ3) is 3.87. The Bertz CT molecular complexity index is 372. The van der Waals surface area contributed by atoms with Crippen LogP contribution >= 0.6 is 0 Å². The molecule has 1 rings (SSSR count). The molecular formula is C16H29NSi. The van der Waals surface area contributed by atoms with Gasteiger partial charge in [-0.25, -0.2) is 0 Å². The van der Waals surface area contributed by atoms with Crippen LogP contribution < -0.4 is 10.1 Å². The molecule has 0 atom stereocenters. The first-order chi connectivity index (χ1) is 8.61. The summed E-state index contributed by atoms with van der Waals surface area (Å²) in [6.45, 7) is 4.57. The molecule has 102 valence electrons. The molecule has 18 heavy (non-hydrogen) atoms. The number of hydrogen-bond acceptors (Lipinski definition) is 1. The minimum atomic E-state index is 1.17. The van der Waals surface area contributed by atoms with Crippen molar-refractivity contribution in [2.75, 3.05) is 19.0 Å². The van der Waals surface area contributed by atoms with E-state index in [0.717, 1.165) is 0 Å². The highest BCUT2D eigenvalue weighted by Gasteiger charge is 2.11. The number of anilines is 1. The molecule has 0 heterocycles. The van der Waals surface area contributed by atoms with Gasteiger partial charge in [-0.3, -0.25) is 0 Å². The van der Waals surface area contributed by atoms with E-state index >= 15 is 0 Å². The summed E-state index contributed by atoms with van der Waals surface area (Å²) in [5.74, 6) is 0. The fourth-order valence-corrected chi connectivity index (χ4v) is 3.27. The van der Waals surface area contributed by atoms with Crippen molar-refractivity contribution in [3.8, 4) is 0 Å². The molecule has 0 N–H and O–H groups in total. The number of rotatable bonds is 7. The Morgan fingerprint density at radius 2 is 1.50 bits per heavy atom.